The molecule has 8 nitrogen and oxygen atoms in total. The van der Waals surface area contributed by atoms with Gasteiger partial charge in [0.2, 0.25) is 0 Å². The van der Waals surface area contributed by atoms with Crippen molar-refractivity contribution in [2.24, 2.45) is 17.8 Å². The zero-order chi connectivity index (χ0) is 28.6. The fourth-order valence-corrected chi connectivity index (χ4v) is 4.87. The second-order valence-electron chi connectivity index (χ2n) is 11.3. The topological polar surface area (TPSA) is 129 Å². The minimum Gasteiger partial charge on any atom is -0.457 e. The molecule has 2 aliphatic rings. The van der Waals surface area contributed by atoms with E-state index in [4.69, 9.17) is 19.6 Å². The van der Waals surface area contributed by atoms with E-state index in [-0.39, 0.29) is 49.2 Å². The monoisotopic (exact) mass is 533 g/mol. The van der Waals surface area contributed by atoms with Gasteiger partial charge in [-0.15, -0.1) is 0 Å². The highest BCUT2D eigenvalue weighted by atomic mass is 16.6. The zero-order valence-electron chi connectivity index (χ0n) is 24.0. The Balaban J connectivity index is 2.13. The van der Waals surface area contributed by atoms with Crippen LogP contribution < -0.4 is 0 Å². The Hall–Kier alpha value is -2.29. The van der Waals surface area contributed by atoms with Crippen molar-refractivity contribution in [1.82, 2.24) is 0 Å². The summed E-state index contributed by atoms with van der Waals surface area (Å²) >= 11 is 0. The number of ether oxygens (including phenoxy) is 3. The van der Waals surface area contributed by atoms with Crippen molar-refractivity contribution >= 4 is 17.7 Å². The van der Waals surface area contributed by atoms with Crippen molar-refractivity contribution in [3.05, 3.63) is 36.0 Å². The lowest BCUT2D eigenvalue weighted by Gasteiger charge is -2.32. The first kappa shape index (κ1) is 31.9. The molecule has 0 amide bonds. The van der Waals surface area contributed by atoms with Crippen LogP contribution in [-0.2, 0) is 23.8 Å². The highest BCUT2D eigenvalue weighted by Gasteiger charge is 2.44. The summed E-state index contributed by atoms with van der Waals surface area (Å²) in [6.45, 7) is 12.8. The van der Waals surface area contributed by atoms with E-state index < -0.39 is 35.9 Å². The molecule has 2 rings (SSSR count). The molecule has 0 aromatic carbocycles. The number of hydrogen-bond donors (Lipinski definition) is 3. The number of cyclic esters (lactones) is 1. The third-order valence-electron chi connectivity index (χ3n) is 7.51. The van der Waals surface area contributed by atoms with Crippen LogP contribution in [-0.4, -0.2) is 64.0 Å². The maximum absolute atomic E-state index is 12.6. The molecule has 0 aliphatic carbocycles. The van der Waals surface area contributed by atoms with E-state index >= 15 is 0 Å². The van der Waals surface area contributed by atoms with Crippen molar-refractivity contribution in [2.75, 3.05) is 0 Å². The summed E-state index contributed by atoms with van der Waals surface area (Å²) in [5.41, 5.74) is 0.153. The van der Waals surface area contributed by atoms with E-state index in [0.29, 0.717) is 0 Å². The van der Waals surface area contributed by atoms with Crippen LogP contribution in [0.5, 0.6) is 0 Å². The molecule has 1 fully saturated rings. The largest absolute Gasteiger partial charge is 0.457 e. The third kappa shape index (κ3) is 9.79. The molecule has 9 unspecified atom stereocenters. The van der Waals surface area contributed by atoms with E-state index in [1.165, 1.54) is 6.92 Å². The van der Waals surface area contributed by atoms with Crippen LogP contribution >= 0.6 is 0 Å². The van der Waals surface area contributed by atoms with E-state index in [1.54, 1.807) is 19.1 Å². The lowest BCUT2D eigenvalue weighted by atomic mass is 9.88. The summed E-state index contributed by atoms with van der Waals surface area (Å²) in [6, 6.07) is 0. The number of carbonyl (C=O) groups is 2. The van der Waals surface area contributed by atoms with Gasteiger partial charge in [-0.2, -0.15) is 0 Å². The van der Waals surface area contributed by atoms with Gasteiger partial charge in [-0.25, -0.2) is 0 Å². The molecule has 38 heavy (non-hydrogen) atoms. The summed E-state index contributed by atoms with van der Waals surface area (Å²) < 4.78 is 17.0. The number of nitrogens with one attached hydrogen (secondary N) is 1. The summed E-state index contributed by atoms with van der Waals surface area (Å²) in [5, 5.41) is 29.3. The normalized spacial score (nSPS) is 35.4. The summed E-state index contributed by atoms with van der Waals surface area (Å²) in [7, 11) is 0. The van der Waals surface area contributed by atoms with Crippen LogP contribution in [0.15, 0.2) is 36.0 Å². The second kappa shape index (κ2) is 14.2. The number of aliphatic hydroxyl groups excluding tert-OH is 1. The Labute approximate surface area is 227 Å². The van der Waals surface area contributed by atoms with E-state index in [1.807, 2.05) is 32.9 Å². The minimum atomic E-state index is -1.40. The van der Waals surface area contributed by atoms with Gasteiger partial charge in [0.15, 0.2) is 0 Å². The average molecular weight is 534 g/mol. The Bertz CT molecular complexity index is 922. The van der Waals surface area contributed by atoms with Gasteiger partial charge in [-0.05, 0) is 57.1 Å². The number of esters is 2. The quantitative estimate of drug-likeness (QED) is 0.129. The summed E-state index contributed by atoms with van der Waals surface area (Å²) in [4.78, 5) is 24.2. The standard InChI is InChI=1S/C30H47NO7/c1-8-24(31)21(5)29-25(37-29)16-18(2)10-9-11-19(3)28-20(4)12-13-26(36-22(6)32)30(7,35)15-14-23(33)17-27(34)38-28/h9-13,18,20-21,23,25-26,28-29,31,33,35H,8,14-17H2,1-7H3/b10-9+,13-12+,19-11+,31-24?. The molecule has 214 valence electrons. The van der Waals surface area contributed by atoms with Crippen molar-refractivity contribution in [1.29, 1.82) is 5.41 Å². The third-order valence-corrected chi connectivity index (χ3v) is 7.51. The van der Waals surface area contributed by atoms with Crippen LogP contribution in [0.1, 0.15) is 80.6 Å². The Morgan fingerprint density at radius 3 is 2.63 bits per heavy atom. The molecule has 0 radical (unpaired) electrons. The van der Waals surface area contributed by atoms with Gasteiger partial charge in [0.1, 0.15) is 17.8 Å². The fourth-order valence-electron chi connectivity index (χ4n) is 4.87. The molecule has 9 atom stereocenters. The van der Waals surface area contributed by atoms with Crippen LogP contribution in [0.25, 0.3) is 0 Å². The van der Waals surface area contributed by atoms with Gasteiger partial charge in [-0.1, -0.05) is 52.0 Å². The first-order valence-electron chi connectivity index (χ1n) is 13.8. The SMILES string of the molecule is CCC(=N)C(C)C1OC1CC(C)/C=C/C=C(\C)C1OC(=O)CC(O)CCC(C)(O)C(OC(C)=O)/C=C/C1C. The molecule has 2 aliphatic heterocycles. The zero-order valence-corrected chi connectivity index (χ0v) is 24.0. The second-order valence-corrected chi connectivity index (χ2v) is 11.3. The summed E-state index contributed by atoms with van der Waals surface area (Å²) in [6.07, 6.45) is 8.98. The minimum absolute atomic E-state index is 0.130. The number of epoxide rings is 1. The number of aliphatic hydroxyl groups is 2. The van der Waals surface area contributed by atoms with Crippen molar-refractivity contribution in [3.8, 4) is 0 Å². The predicted octanol–water partition coefficient (Wildman–Crippen LogP) is 4.68. The highest BCUT2D eigenvalue weighted by molar-refractivity contribution is 5.84. The lowest BCUT2D eigenvalue weighted by Crippen LogP contribution is -2.42. The molecule has 0 aromatic heterocycles. The van der Waals surface area contributed by atoms with E-state index in [2.05, 4.69) is 19.9 Å². The number of rotatable bonds is 9. The Morgan fingerprint density at radius 2 is 2.00 bits per heavy atom. The van der Waals surface area contributed by atoms with Gasteiger partial charge in [0, 0.05) is 24.5 Å². The molecule has 0 saturated carbocycles. The van der Waals surface area contributed by atoms with Crippen LogP contribution in [0.2, 0.25) is 0 Å². The van der Waals surface area contributed by atoms with Crippen molar-refractivity contribution in [3.63, 3.8) is 0 Å². The summed E-state index contributed by atoms with van der Waals surface area (Å²) in [5.74, 6) is -0.873. The maximum atomic E-state index is 12.6. The highest BCUT2D eigenvalue weighted by Crippen LogP contribution is 2.35. The van der Waals surface area contributed by atoms with Gasteiger partial charge in [-0.3, -0.25) is 9.59 Å². The molecule has 3 N–H and O–H groups in total. The number of hydrogen-bond acceptors (Lipinski definition) is 8. The number of carbonyl (C=O) groups excluding carboxylic acids is 2. The fraction of sp³-hybridized carbons (Fsp3) is 0.700. The van der Waals surface area contributed by atoms with Crippen molar-refractivity contribution in [2.45, 2.75) is 117 Å². The maximum Gasteiger partial charge on any atom is 0.309 e. The van der Waals surface area contributed by atoms with Crippen LogP contribution in [0.3, 0.4) is 0 Å². The molecule has 8 heteroatoms. The van der Waals surface area contributed by atoms with E-state index in [9.17, 15) is 19.8 Å². The Kier molecular flexibility index (Phi) is 11.9. The molecular formula is C30H47NO7. The molecule has 0 aromatic rings. The van der Waals surface area contributed by atoms with Crippen LogP contribution in [0, 0.1) is 23.2 Å². The van der Waals surface area contributed by atoms with Gasteiger partial charge < -0.3 is 29.8 Å². The van der Waals surface area contributed by atoms with Gasteiger partial charge >= 0.3 is 11.9 Å². The molecule has 2 heterocycles. The van der Waals surface area contributed by atoms with Gasteiger partial charge in [0.05, 0.1) is 24.7 Å². The van der Waals surface area contributed by atoms with Crippen LogP contribution in [0.4, 0.5) is 0 Å². The smallest absolute Gasteiger partial charge is 0.309 e. The number of allylic oxidation sites excluding steroid dienone is 3. The first-order chi connectivity index (χ1) is 17.7. The van der Waals surface area contributed by atoms with E-state index in [0.717, 1.165) is 24.1 Å². The first-order valence-corrected chi connectivity index (χ1v) is 13.8. The molecule has 1 saturated heterocycles. The predicted molar refractivity (Wildman–Crippen MR) is 147 cm³/mol. The van der Waals surface area contributed by atoms with Gasteiger partial charge in [0.25, 0.3) is 0 Å². The molecular weight excluding hydrogens is 486 g/mol. The lowest BCUT2D eigenvalue weighted by molar-refractivity contribution is -0.157. The van der Waals surface area contributed by atoms with Crippen molar-refractivity contribution < 1.29 is 34.0 Å². The molecule has 0 spiro atoms. The molecule has 0 bridgehead atoms. The average Bonchev–Trinajstić information content (AvgIpc) is 3.60. The Morgan fingerprint density at radius 1 is 1.32 bits per heavy atom.